The number of nitrogens with zero attached hydrogens (tertiary/aromatic N) is 5. The number of anilines is 1. The third-order valence-corrected chi connectivity index (χ3v) is 2.81. The number of hydrogen-bond donors (Lipinski definition) is 1. The molecule has 0 aliphatic heterocycles. The van der Waals surface area contributed by atoms with Crippen molar-refractivity contribution < 1.29 is 0 Å². The molecule has 7 heteroatoms. The van der Waals surface area contributed by atoms with Crippen LogP contribution in [0.2, 0.25) is 0 Å². The van der Waals surface area contributed by atoms with Crippen LogP contribution in [0.25, 0.3) is 16.6 Å². The van der Waals surface area contributed by atoms with Crippen molar-refractivity contribution in [3.8, 4) is 5.69 Å². The van der Waals surface area contributed by atoms with Crippen molar-refractivity contribution in [2.24, 2.45) is 0 Å². The fraction of sp³-hybridized carbons (Fsp3) is 0. The summed E-state index contributed by atoms with van der Waals surface area (Å²) in [6.07, 6.45) is 1.73. The third-order valence-electron chi connectivity index (χ3n) is 2.38. The summed E-state index contributed by atoms with van der Waals surface area (Å²) >= 11 is 3.39. The maximum Gasteiger partial charge on any atom is 0.245 e. The Morgan fingerprint density at radius 3 is 2.94 bits per heavy atom. The normalized spacial score (nSPS) is 10.9. The zero-order valence-electron chi connectivity index (χ0n) is 8.58. The molecule has 2 N–H and O–H groups in total. The topological polar surface area (TPSA) is 82.5 Å². The van der Waals surface area contributed by atoms with Gasteiger partial charge < -0.3 is 5.73 Å². The molecule has 0 radical (unpaired) electrons. The molecule has 3 aromatic rings. The maximum atomic E-state index is 5.68. The first-order valence-corrected chi connectivity index (χ1v) is 5.63. The molecule has 0 saturated carbocycles. The van der Waals surface area contributed by atoms with Crippen LogP contribution in [0.4, 0.5) is 5.95 Å². The zero-order chi connectivity index (χ0) is 11.8. The Bertz CT molecular complexity index is 692. The summed E-state index contributed by atoms with van der Waals surface area (Å²) < 4.78 is 2.38. The number of fused-ring (bicyclic) bond motifs is 1. The van der Waals surface area contributed by atoms with Crippen molar-refractivity contribution in [1.29, 1.82) is 0 Å². The van der Waals surface area contributed by atoms with Crippen LogP contribution in [0.15, 0.2) is 34.9 Å². The number of rotatable bonds is 1. The average molecular weight is 291 g/mol. The van der Waals surface area contributed by atoms with Gasteiger partial charge in [0.2, 0.25) is 5.95 Å². The van der Waals surface area contributed by atoms with Crippen molar-refractivity contribution in [3.05, 3.63) is 34.9 Å². The molecular formula is C10H7BrN6. The lowest BCUT2D eigenvalue weighted by Crippen LogP contribution is -2.03. The van der Waals surface area contributed by atoms with E-state index in [1.54, 1.807) is 6.20 Å². The van der Waals surface area contributed by atoms with E-state index in [4.69, 9.17) is 5.73 Å². The Kier molecular flexibility index (Phi) is 2.25. The van der Waals surface area contributed by atoms with Gasteiger partial charge in [0, 0.05) is 16.1 Å². The number of tetrazole rings is 1. The summed E-state index contributed by atoms with van der Waals surface area (Å²) in [6.45, 7) is 0. The van der Waals surface area contributed by atoms with Crippen LogP contribution >= 0.6 is 15.9 Å². The van der Waals surface area contributed by atoms with Crippen LogP contribution in [0, 0.1) is 0 Å². The Hall–Kier alpha value is -2.02. The van der Waals surface area contributed by atoms with Gasteiger partial charge in [-0.1, -0.05) is 17.2 Å². The molecule has 0 bridgehead atoms. The quantitative estimate of drug-likeness (QED) is 0.735. The van der Waals surface area contributed by atoms with Gasteiger partial charge in [0.15, 0.2) is 0 Å². The minimum absolute atomic E-state index is 0.238. The molecule has 84 valence electrons. The standard InChI is InChI=1S/C10H7BrN6/c11-7-4-6-2-1-3-8(9(6)13-5-7)17-10(12)14-15-16-17/h1-5H,(H2,12,14,16). The molecule has 6 nitrogen and oxygen atoms in total. The van der Waals surface area contributed by atoms with Gasteiger partial charge in [-0.25, -0.2) is 0 Å². The molecule has 0 aliphatic carbocycles. The van der Waals surface area contributed by atoms with E-state index in [0.29, 0.717) is 0 Å². The van der Waals surface area contributed by atoms with Crippen molar-refractivity contribution >= 4 is 32.8 Å². The van der Waals surface area contributed by atoms with Gasteiger partial charge in [-0.3, -0.25) is 4.98 Å². The highest BCUT2D eigenvalue weighted by atomic mass is 79.9. The molecule has 0 unspecified atom stereocenters. The van der Waals surface area contributed by atoms with E-state index < -0.39 is 0 Å². The second-order valence-electron chi connectivity index (χ2n) is 3.45. The Morgan fingerprint density at radius 1 is 1.29 bits per heavy atom. The molecule has 17 heavy (non-hydrogen) atoms. The van der Waals surface area contributed by atoms with Gasteiger partial charge >= 0.3 is 0 Å². The molecule has 0 fully saturated rings. The second kappa shape index (κ2) is 3.77. The summed E-state index contributed by atoms with van der Waals surface area (Å²) in [4.78, 5) is 4.36. The first-order chi connectivity index (χ1) is 8.25. The van der Waals surface area contributed by atoms with Crippen LogP contribution < -0.4 is 5.73 Å². The summed E-state index contributed by atoms with van der Waals surface area (Å²) in [5.41, 5.74) is 7.25. The molecule has 2 aromatic heterocycles. The van der Waals surface area contributed by atoms with Gasteiger partial charge in [-0.05, 0) is 38.5 Å². The minimum atomic E-state index is 0.238. The molecule has 0 spiro atoms. The zero-order valence-corrected chi connectivity index (χ0v) is 10.2. The highest BCUT2D eigenvalue weighted by Crippen LogP contribution is 2.23. The predicted octanol–water partition coefficient (Wildman–Crippen LogP) is 1.56. The third kappa shape index (κ3) is 1.64. The van der Waals surface area contributed by atoms with Crippen molar-refractivity contribution in [2.75, 3.05) is 5.73 Å². The van der Waals surface area contributed by atoms with Gasteiger partial charge in [-0.15, -0.1) is 0 Å². The van der Waals surface area contributed by atoms with E-state index in [-0.39, 0.29) is 5.95 Å². The molecule has 1 aromatic carbocycles. The highest BCUT2D eigenvalue weighted by Gasteiger charge is 2.09. The number of aromatic nitrogens is 5. The number of nitrogens with two attached hydrogens (primary N) is 1. The first-order valence-electron chi connectivity index (χ1n) is 4.84. The predicted molar refractivity (Wildman–Crippen MR) is 66.6 cm³/mol. The fourth-order valence-electron chi connectivity index (χ4n) is 1.65. The van der Waals surface area contributed by atoms with E-state index >= 15 is 0 Å². The molecule has 0 atom stereocenters. The van der Waals surface area contributed by atoms with E-state index in [9.17, 15) is 0 Å². The van der Waals surface area contributed by atoms with Crippen LogP contribution in [0.1, 0.15) is 0 Å². The lowest BCUT2D eigenvalue weighted by molar-refractivity contribution is 0.794. The summed E-state index contributed by atoms with van der Waals surface area (Å²) in [7, 11) is 0. The Balaban J connectivity index is 2.34. The van der Waals surface area contributed by atoms with Crippen LogP contribution in [-0.2, 0) is 0 Å². The first kappa shape index (κ1) is 10.2. The minimum Gasteiger partial charge on any atom is -0.366 e. The Labute approximate surface area is 105 Å². The molecular weight excluding hydrogens is 284 g/mol. The lowest BCUT2D eigenvalue weighted by Gasteiger charge is -2.05. The van der Waals surface area contributed by atoms with E-state index in [1.165, 1.54) is 4.68 Å². The number of hydrogen-bond acceptors (Lipinski definition) is 5. The average Bonchev–Trinajstić information content (AvgIpc) is 2.74. The van der Waals surface area contributed by atoms with Crippen LogP contribution in [-0.4, -0.2) is 25.2 Å². The number of para-hydroxylation sites is 1. The number of pyridine rings is 1. The highest BCUT2D eigenvalue weighted by molar-refractivity contribution is 9.10. The molecule has 2 heterocycles. The number of benzene rings is 1. The summed E-state index contributed by atoms with van der Waals surface area (Å²) in [5, 5.41) is 12.0. The largest absolute Gasteiger partial charge is 0.366 e. The number of nitrogen functional groups attached to an aromatic ring is 1. The van der Waals surface area contributed by atoms with Crippen molar-refractivity contribution in [3.63, 3.8) is 0 Å². The van der Waals surface area contributed by atoms with E-state index in [2.05, 4.69) is 36.4 Å². The second-order valence-corrected chi connectivity index (χ2v) is 4.37. The summed E-state index contributed by atoms with van der Waals surface area (Å²) in [6, 6.07) is 7.73. The summed E-state index contributed by atoms with van der Waals surface area (Å²) in [5.74, 6) is 0.238. The fourth-order valence-corrected chi connectivity index (χ4v) is 2.00. The maximum absolute atomic E-state index is 5.68. The monoisotopic (exact) mass is 290 g/mol. The van der Waals surface area contributed by atoms with Crippen LogP contribution in [0.3, 0.4) is 0 Å². The molecule has 0 amide bonds. The molecule has 0 saturated heterocycles. The van der Waals surface area contributed by atoms with Crippen LogP contribution in [0.5, 0.6) is 0 Å². The van der Waals surface area contributed by atoms with E-state index in [1.807, 2.05) is 24.3 Å². The SMILES string of the molecule is Nc1nnnn1-c1cccc2cc(Br)cnc12. The van der Waals surface area contributed by atoms with Crippen molar-refractivity contribution in [1.82, 2.24) is 25.2 Å². The molecule has 0 aliphatic rings. The smallest absolute Gasteiger partial charge is 0.245 e. The van der Waals surface area contributed by atoms with E-state index in [0.717, 1.165) is 21.1 Å². The van der Waals surface area contributed by atoms with Crippen molar-refractivity contribution in [2.45, 2.75) is 0 Å². The Morgan fingerprint density at radius 2 is 2.18 bits per heavy atom. The van der Waals surface area contributed by atoms with Gasteiger partial charge in [0.05, 0.1) is 11.2 Å². The van der Waals surface area contributed by atoms with Gasteiger partial charge in [0.25, 0.3) is 0 Å². The number of halogens is 1. The lowest BCUT2D eigenvalue weighted by atomic mass is 10.2. The van der Waals surface area contributed by atoms with Gasteiger partial charge in [0.1, 0.15) is 0 Å². The molecule has 3 rings (SSSR count). The van der Waals surface area contributed by atoms with Gasteiger partial charge in [-0.2, -0.15) is 4.68 Å².